The number of ether oxygens (including phenoxy) is 1. The van der Waals surface area contributed by atoms with Crippen molar-refractivity contribution in [3.63, 3.8) is 0 Å². The first-order valence-corrected chi connectivity index (χ1v) is 11.1. The van der Waals surface area contributed by atoms with Crippen molar-refractivity contribution >= 4 is 34.8 Å². The van der Waals surface area contributed by atoms with Gasteiger partial charge in [0.15, 0.2) is 5.11 Å². The Bertz CT molecular complexity index is 1120. The van der Waals surface area contributed by atoms with Gasteiger partial charge in [-0.15, -0.1) is 0 Å². The third kappa shape index (κ3) is 5.38. The van der Waals surface area contributed by atoms with Crippen molar-refractivity contribution in [1.82, 2.24) is 9.80 Å². The number of methoxy groups -OCH3 is 1. The largest absolute Gasteiger partial charge is 0.497 e. The zero-order chi connectivity index (χ0) is 23.2. The van der Waals surface area contributed by atoms with E-state index in [4.69, 9.17) is 17.0 Å². The fourth-order valence-electron chi connectivity index (χ4n) is 3.82. The summed E-state index contributed by atoms with van der Waals surface area (Å²) in [5.74, 6) is 0.354. The van der Waals surface area contributed by atoms with E-state index >= 15 is 0 Å². The molecule has 3 aromatic carbocycles. The zero-order valence-electron chi connectivity index (χ0n) is 18.3. The summed E-state index contributed by atoms with van der Waals surface area (Å²) >= 11 is 5.72. The Balaban J connectivity index is 1.55. The van der Waals surface area contributed by atoms with Crippen LogP contribution >= 0.6 is 12.2 Å². The van der Waals surface area contributed by atoms with Crippen LogP contribution in [-0.4, -0.2) is 39.9 Å². The van der Waals surface area contributed by atoms with Crippen LogP contribution in [0.4, 0.5) is 5.69 Å². The maximum Gasteiger partial charge on any atom is 0.252 e. The Morgan fingerprint density at radius 3 is 2.15 bits per heavy atom. The monoisotopic (exact) mass is 459 g/mol. The van der Waals surface area contributed by atoms with Crippen molar-refractivity contribution < 1.29 is 14.3 Å². The highest BCUT2D eigenvalue weighted by atomic mass is 32.1. The molecule has 1 N–H and O–H groups in total. The van der Waals surface area contributed by atoms with Crippen LogP contribution in [0.5, 0.6) is 5.75 Å². The molecule has 0 spiro atoms. The van der Waals surface area contributed by atoms with Gasteiger partial charge >= 0.3 is 0 Å². The number of para-hydroxylation sites is 1. The van der Waals surface area contributed by atoms with Crippen molar-refractivity contribution in [2.24, 2.45) is 0 Å². The van der Waals surface area contributed by atoms with E-state index in [1.54, 1.807) is 12.0 Å². The van der Waals surface area contributed by atoms with Crippen molar-refractivity contribution in [2.75, 3.05) is 12.4 Å². The summed E-state index contributed by atoms with van der Waals surface area (Å²) in [6.45, 7) is 0.789. The fraction of sp³-hybridized carbons (Fsp3) is 0.192. The molecular weight excluding hydrogens is 434 g/mol. The molecule has 168 valence electrons. The second-order valence-corrected chi connectivity index (χ2v) is 8.17. The number of thiocarbonyl (C=S) groups is 1. The van der Waals surface area contributed by atoms with Gasteiger partial charge in [0.05, 0.1) is 20.1 Å². The number of hydrogen-bond acceptors (Lipinski definition) is 4. The Morgan fingerprint density at radius 2 is 1.52 bits per heavy atom. The number of benzene rings is 3. The van der Waals surface area contributed by atoms with E-state index < -0.39 is 6.04 Å². The van der Waals surface area contributed by atoms with Crippen molar-refractivity contribution in [1.29, 1.82) is 0 Å². The normalized spacial score (nSPS) is 15.6. The molecule has 1 heterocycles. The van der Waals surface area contributed by atoms with Crippen LogP contribution in [0.1, 0.15) is 17.5 Å². The Labute approximate surface area is 198 Å². The van der Waals surface area contributed by atoms with Gasteiger partial charge in [0.2, 0.25) is 5.91 Å². The molecule has 4 rings (SSSR count). The van der Waals surface area contributed by atoms with E-state index in [-0.39, 0.29) is 18.2 Å². The highest BCUT2D eigenvalue weighted by Crippen LogP contribution is 2.26. The molecule has 1 saturated heterocycles. The number of nitrogens with zero attached hydrogens (tertiary/aromatic N) is 2. The molecule has 0 bridgehead atoms. The minimum Gasteiger partial charge on any atom is -0.497 e. The lowest BCUT2D eigenvalue weighted by Gasteiger charge is -2.24. The van der Waals surface area contributed by atoms with E-state index in [1.807, 2.05) is 89.8 Å². The summed E-state index contributed by atoms with van der Waals surface area (Å²) in [4.78, 5) is 29.6. The van der Waals surface area contributed by atoms with E-state index in [1.165, 1.54) is 0 Å². The van der Waals surface area contributed by atoms with Crippen molar-refractivity contribution in [2.45, 2.75) is 25.6 Å². The number of carbonyl (C=O) groups excluding carboxylic acids is 2. The van der Waals surface area contributed by atoms with Crippen LogP contribution in [0.15, 0.2) is 84.9 Å². The van der Waals surface area contributed by atoms with Crippen LogP contribution in [0.3, 0.4) is 0 Å². The van der Waals surface area contributed by atoms with Gasteiger partial charge in [-0.25, -0.2) is 0 Å². The van der Waals surface area contributed by atoms with Gasteiger partial charge in [0.1, 0.15) is 11.8 Å². The Morgan fingerprint density at radius 1 is 0.909 bits per heavy atom. The van der Waals surface area contributed by atoms with Crippen LogP contribution in [0.25, 0.3) is 0 Å². The standard InChI is InChI=1S/C26H25N3O3S/c1-32-22-14-12-20(13-15-22)17-28-23(16-24(30)27-21-10-6-3-7-11-21)25(31)29(26(28)33)18-19-8-4-2-5-9-19/h2-15,23H,16-18H2,1H3,(H,27,30)/t23-/m0/s1. The summed E-state index contributed by atoms with van der Waals surface area (Å²) in [5, 5.41) is 3.30. The van der Waals surface area contributed by atoms with Crippen LogP contribution < -0.4 is 10.1 Å². The number of amides is 2. The minimum atomic E-state index is -0.674. The summed E-state index contributed by atoms with van der Waals surface area (Å²) in [7, 11) is 1.62. The first-order valence-electron chi connectivity index (χ1n) is 10.7. The zero-order valence-corrected chi connectivity index (χ0v) is 19.1. The smallest absolute Gasteiger partial charge is 0.252 e. The van der Waals surface area contributed by atoms with Crippen LogP contribution in [0, 0.1) is 0 Å². The second-order valence-electron chi connectivity index (χ2n) is 7.80. The molecule has 7 heteroatoms. The number of anilines is 1. The lowest BCUT2D eigenvalue weighted by molar-refractivity contribution is -0.131. The molecule has 1 aliphatic rings. The Kier molecular flexibility index (Phi) is 7.00. The summed E-state index contributed by atoms with van der Waals surface area (Å²) in [6, 6.07) is 25.9. The maximum absolute atomic E-state index is 13.4. The quantitative estimate of drug-likeness (QED) is 0.511. The predicted molar refractivity (Wildman–Crippen MR) is 132 cm³/mol. The molecule has 6 nitrogen and oxygen atoms in total. The van der Waals surface area contributed by atoms with Crippen molar-refractivity contribution in [3.8, 4) is 5.75 Å². The number of rotatable bonds is 8. The number of carbonyl (C=O) groups is 2. The minimum absolute atomic E-state index is 0.00924. The van der Waals surface area contributed by atoms with Gasteiger partial charge in [0.25, 0.3) is 5.91 Å². The van der Waals surface area contributed by atoms with Gasteiger partial charge in [-0.3, -0.25) is 14.5 Å². The molecule has 3 aromatic rings. The van der Waals surface area contributed by atoms with Gasteiger partial charge in [0, 0.05) is 12.2 Å². The second kappa shape index (κ2) is 10.3. The van der Waals surface area contributed by atoms with E-state index in [0.717, 1.165) is 16.9 Å². The van der Waals surface area contributed by atoms with Gasteiger partial charge in [-0.05, 0) is 47.6 Å². The van der Waals surface area contributed by atoms with Gasteiger partial charge in [-0.2, -0.15) is 0 Å². The molecule has 0 aliphatic carbocycles. The van der Waals surface area contributed by atoms with E-state index in [9.17, 15) is 9.59 Å². The summed E-state index contributed by atoms with van der Waals surface area (Å²) in [6.07, 6.45) is 0.00924. The predicted octanol–water partition coefficient (Wildman–Crippen LogP) is 4.22. The lowest BCUT2D eigenvalue weighted by atomic mass is 10.1. The molecular formula is C26H25N3O3S. The average Bonchev–Trinajstić information content (AvgIpc) is 3.05. The van der Waals surface area contributed by atoms with Gasteiger partial charge in [-0.1, -0.05) is 60.7 Å². The molecule has 1 atom stereocenters. The van der Waals surface area contributed by atoms with Crippen molar-refractivity contribution in [3.05, 3.63) is 96.1 Å². The third-order valence-corrected chi connectivity index (χ3v) is 5.99. The van der Waals surface area contributed by atoms with Gasteiger partial charge < -0.3 is 15.0 Å². The topological polar surface area (TPSA) is 61.9 Å². The SMILES string of the molecule is COc1ccc(CN2C(=S)N(Cc3ccccc3)C(=O)[C@@H]2CC(=O)Nc2ccccc2)cc1. The molecule has 1 aliphatic heterocycles. The molecule has 33 heavy (non-hydrogen) atoms. The lowest BCUT2D eigenvalue weighted by Crippen LogP contribution is -2.37. The maximum atomic E-state index is 13.4. The third-order valence-electron chi connectivity index (χ3n) is 5.54. The summed E-state index contributed by atoms with van der Waals surface area (Å²) < 4.78 is 5.24. The first-order chi connectivity index (χ1) is 16.0. The highest BCUT2D eigenvalue weighted by molar-refractivity contribution is 7.80. The number of hydrogen-bond donors (Lipinski definition) is 1. The molecule has 0 aromatic heterocycles. The highest BCUT2D eigenvalue weighted by Gasteiger charge is 2.43. The molecule has 1 fully saturated rings. The molecule has 0 unspecified atom stereocenters. The average molecular weight is 460 g/mol. The summed E-state index contributed by atoms with van der Waals surface area (Å²) in [5.41, 5.74) is 2.64. The van der Waals surface area contributed by atoms with E-state index in [2.05, 4.69) is 5.32 Å². The van der Waals surface area contributed by atoms with Crippen LogP contribution in [-0.2, 0) is 22.7 Å². The fourth-order valence-corrected chi connectivity index (χ4v) is 4.17. The van der Waals surface area contributed by atoms with E-state index in [0.29, 0.717) is 23.9 Å². The Hall–Kier alpha value is -3.71. The first kappa shape index (κ1) is 22.5. The number of nitrogens with one attached hydrogen (secondary N) is 1. The molecule has 0 radical (unpaired) electrons. The van der Waals surface area contributed by atoms with Crippen LogP contribution in [0.2, 0.25) is 0 Å². The molecule has 2 amide bonds. The molecule has 0 saturated carbocycles.